The zero-order chi connectivity index (χ0) is 26.6. The molecule has 7 nitrogen and oxygen atoms in total. The Kier molecular flexibility index (Phi) is 11.3. The lowest BCUT2D eigenvalue weighted by atomic mass is 10.2. The predicted octanol–water partition coefficient (Wildman–Crippen LogP) is 6.99. The minimum absolute atomic E-state index is 0.149. The average Bonchev–Trinajstić information content (AvgIpc) is 2.87. The molecule has 0 aliphatic rings. The first-order valence-electron chi connectivity index (χ1n) is 11.5. The normalized spacial score (nSPS) is 10.8. The predicted molar refractivity (Wildman–Crippen MR) is 151 cm³/mol. The van der Waals surface area contributed by atoms with E-state index < -0.39 is 0 Å². The van der Waals surface area contributed by atoms with Gasteiger partial charge in [0.25, 0.3) is 0 Å². The van der Waals surface area contributed by atoms with Crippen LogP contribution >= 0.6 is 39.1 Å². The van der Waals surface area contributed by atoms with Gasteiger partial charge in [0.15, 0.2) is 11.5 Å². The monoisotopic (exact) mass is 605 g/mol. The third kappa shape index (κ3) is 9.72. The van der Waals surface area contributed by atoms with E-state index in [1.807, 2.05) is 25.1 Å². The van der Waals surface area contributed by atoms with Crippen LogP contribution in [0.25, 0.3) is 0 Å². The fourth-order valence-electron chi connectivity index (χ4n) is 3.18. The van der Waals surface area contributed by atoms with E-state index in [9.17, 15) is 9.59 Å². The SMILES string of the molecule is CCOc1cc(/C=N\NC(=O)CCCC(=O)Nc2ccc(Br)cc2)ccc1OCc1ccc(Cl)c(Cl)c1. The van der Waals surface area contributed by atoms with Gasteiger partial charge in [-0.1, -0.05) is 45.2 Å². The van der Waals surface area contributed by atoms with Crippen molar-refractivity contribution in [2.24, 2.45) is 5.10 Å². The standard InChI is InChI=1S/C27H26BrCl2N3O4/c1-2-36-25-15-18(7-13-24(25)37-17-19-6-12-22(29)23(30)14-19)16-31-33-27(35)5-3-4-26(34)32-21-10-8-20(28)9-11-21/h6-16H,2-5,17H2,1H3,(H,32,34)(H,33,35)/b31-16-. The summed E-state index contributed by atoms with van der Waals surface area (Å²) in [5, 5.41) is 7.75. The Hall–Kier alpha value is -3.07. The van der Waals surface area contributed by atoms with E-state index in [1.54, 1.807) is 42.5 Å². The molecule has 0 atom stereocenters. The Morgan fingerprint density at radius 3 is 2.41 bits per heavy atom. The quantitative estimate of drug-likeness (QED) is 0.172. The summed E-state index contributed by atoms with van der Waals surface area (Å²) in [6.45, 7) is 2.63. The summed E-state index contributed by atoms with van der Waals surface area (Å²) in [6, 6.07) is 18.0. The van der Waals surface area contributed by atoms with Crippen LogP contribution in [-0.2, 0) is 16.2 Å². The summed E-state index contributed by atoms with van der Waals surface area (Å²) < 4.78 is 12.5. The molecule has 0 radical (unpaired) electrons. The number of anilines is 1. The van der Waals surface area contributed by atoms with Gasteiger partial charge in [0.2, 0.25) is 11.8 Å². The van der Waals surface area contributed by atoms with Gasteiger partial charge in [0, 0.05) is 23.0 Å². The maximum atomic E-state index is 12.1. The van der Waals surface area contributed by atoms with E-state index >= 15 is 0 Å². The van der Waals surface area contributed by atoms with Gasteiger partial charge in [-0.3, -0.25) is 9.59 Å². The smallest absolute Gasteiger partial charge is 0.240 e. The van der Waals surface area contributed by atoms with E-state index in [1.165, 1.54) is 6.21 Å². The Balaban J connectivity index is 1.45. The van der Waals surface area contributed by atoms with Crippen LogP contribution in [0.4, 0.5) is 5.69 Å². The Bertz CT molecular complexity index is 1250. The molecule has 0 aromatic heterocycles. The van der Waals surface area contributed by atoms with Gasteiger partial charge in [-0.25, -0.2) is 5.43 Å². The van der Waals surface area contributed by atoms with E-state index in [0.717, 1.165) is 15.6 Å². The Labute approximate surface area is 234 Å². The molecule has 0 spiro atoms. The van der Waals surface area contributed by atoms with Gasteiger partial charge in [0.05, 0.1) is 22.9 Å². The molecule has 3 rings (SSSR count). The largest absolute Gasteiger partial charge is 0.490 e. The molecule has 2 amide bonds. The third-order valence-electron chi connectivity index (χ3n) is 4.98. The van der Waals surface area contributed by atoms with Crippen LogP contribution < -0.4 is 20.2 Å². The maximum absolute atomic E-state index is 12.1. The number of halogens is 3. The minimum atomic E-state index is -0.278. The second-order valence-corrected chi connectivity index (χ2v) is 9.61. The fraction of sp³-hybridized carbons (Fsp3) is 0.222. The highest BCUT2D eigenvalue weighted by Gasteiger charge is 2.09. The second kappa shape index (κ2) is 14.6. The van der Waals surface area contributed by atoms with Crippen molar-refractivity contribution in [3.8, 4) is 11.5 Å². The van der Waals surface area contributed by atoms with Crippen molar-refractivity contribution in [3.05, 3.63) is 86.3 Å². The summed E-state index contributed by atoms with van der Waals surface area (Å²) in [5.41, 5.74) is 4.78. The number of carbonyl (C=O) groups excluding carboxylic acids is 2. The van der Waals surface area contributed by atoms with Gasteiger partial charge in [0.1, 0.15) is 6.61 Å². The molecule has 0 bridgehead atoms. The van der Waals surface area contributed by atoms with E-state index in [0.29, 0.717) is 46.9 Å². The van der Waals surface area contributed by atoms with Gasteiger partial charge < -0.3 is 14.8 Å². The van der Waals surface area contributed by atoms with Crippen LogP contribution in [0.1, 0.15) is 37.3 Å². The van der Waals surface area contributed by atoms with Crippen molar-refractivity contribution < 1.29 is 19.1 Å². The highest BCUT2D eigenvalue weighted by Crippen LogP contribution is 2.30. The summed E-state index contributed by atoms with van der Waals surface area (Å²) >= 11 is 15.4. The van der Waals surface area contributed by atoms with Crippen LogP contribution in [0.3, 0.4) is 0 Å². The fourth-order valence-corrected chi connectivity index (χ4v) is 3.77. The number of amides is 2. The molecular formula is C27H26BrCl2N3O4. The van der Waals surface area contributed by atoms with E-state index in [-0.39, 0.29) is 24.7 Å². The lowest BCUT2D eigenvalue weighted by molar-refractivity contribution is -0.121. The molecule has 0 fully saturated rings. The highest BCUT2D eigenvalue weighted by molar-refractivity contribution is 9.10. The number of hydrogen-bond donors (Lipinski definition) is 2. The molecule has 194 valence electrons. The first-order chi connectivity index (χ1) is 17.8. The van der Waals surface area contributed by atoms with Crippen molar-refractivity contribution in [2.45, 2.75) is 32.8 Å². The summed E-state index contributed by atoms with van der Waals surface area (Å²) in [5.74, 6) is 0.688. The lowest BCUT2D eigenvalue weighted by Gasteiger charge is -2.13. The van der Waals surface area contributed by atoms with Crippen molar-refractivity contribution in [1.29, 1.82) is 0 Å². The number of benzene rings is 3. The van der Waals surface area contributed by atoms with Crippen molar-refractivity contribution in [1.82, 2.24) is 5.43 Å². The number of rotatable bonds is 12. The Morgan fingerprint density at radius 1 is 0.919 bits per heavy atom. The van der Waals surface area contributed by atoms with Gasteiger partial charge >= 0.3 is 0 Å². The van der Waals surface area contributed by atoms with Crippen LogP contribution in [0, 0.1) is 0 Å². The molecule has 3 aromatic carbocycles. The molecule has 0 aliphatic carbocycles. The number of hydrazone groups is 1. The number of hydrogen-bond acceptors (Lipinski definition) is 5. The first kappa shape index (κ1) is 28.5. The molecule has 3 aromatic rings. The van der Waals surface area contributed by atoms with Gasteiger partial charge in [-0.15, -0.1) is 0 Å². The molecular weight excluding hydrogens is 581 g/mol. The second-order valence-electron chi connectivity index (χ2n) is 7.88. The lowest BCUT2D eigenvalue weighted by Crippen LogP contribution is -2.18. The van der Waals surface area contributed by atoms with Gasteiger partial charge in [-0.2, -0.15) is 5.10 Å². The van der Waals surface area contributed by atoms with Crippen molar-refractivity contribution in [3.63, 3.8) is 0 Å². The number of ether oxygens (including phenoxy) is 2. The Morgan fingerprint density at radius 2 is 1.68 bits per heavy atom. The zero-order valence-electron chi connectivity index (χ0n) is 20.1. The zero-order valence-corrected chi connectivity index (χ0v) is 23.2. The van der Waals surface area contributed by atoms with Crippen LogP contribution in [0.2, 0.25) is 10.0 Å². The average molecular weight is 607 g/mol. The van der Waals surface area contributed by atoms with Crippen LogP contribution in [0.15, 0.2) is 70.2 Å². The van der Waals surface area contributed by atoms with Crippen LogP contribution in [-0.4, -0.2) is 24.6 Å². The van der Waals surface area contributed by atoms with E-state index in [2.05, 4.69) is 31.8 Å². The third-order valence-corrected chi connectivity index (χ3v) is 6.25. The van der Waals surface area contributed by atoms with E-state index in [4.69, 9.17) is 32.7 Å². The number of nitrogens with one attached hydrogen (secondary N) is 2. The van der Waals surface area contributed by atoms with Crippen molar-refractivity contribution in [2.75, 3.05) is 11.9 Å². The number of nitrogens with zero attached hydrogens (tertiary/aromatic N) is 1. The maximum Gasteiger partial charge on any atom is 0.240 e. The molecule has 0 saturated carbocycles. The molecule has 0 saturated heterocycles. The molecule has 37 heavy (non-hydrogen) atoms. The summed E-state index contributed by atoms with van der Waals surface area (Å²) in [6.07, 6.45) is 2.33. The minimum Gasteiger partial charge on any atom is -0.490 e. The van der Waals surface area contributed by atoms with Crippen LogP contribution in [0.5, 0.6) is 11.5 Å². The topological polar surface area (TPSA) is 89.0 Å². The molecule has 10 heteroatoms. The van der Waals surface area contributed by atoms with Gasteiger partial charge in [-0.05, 0) is 79.1 Å². The summed E-state index contributed by atoms with van der Waals surface area (Å²) in [4.78, 5) is 24.1. The molecule has 0 heterocycles. The summed E-state index contributed by atoms with van der Waals surface area (Å²) in [7, 11) is 0. The molecule has 0 unspecified atom stereocenters. The molecule has 2 N–H and O–H groups in total. The van der Waals surface area contributed by atoms with Crippen molar-refractivity contribution >= 4 is 62.8 Å². The number of carbonyl (C=O) groups is 2. The molecule has 0 aliphatic heterocycles. The first-order valence-corrected chi connectivity index (χ1v) is 13.1. The highest BCUT2D eigenvalue weighted by atomic mass is 79.9.